The highest BCUT2D eigenvalue weighted by Crippen LogP contribution is 2.55. The SMILES string of the molecule is CC1CC(c2cc3c4c(c2)N(c2c(-c5ccccc5)cccc2-c2ccccc2)c2ccc(-c5ccccc5)cc2B4c2cc(-c4ccccc4)ccc2N3c2c(-c3ccccc3)cccc2-c2ccccc2)CC(C)(C)C1. The maximum Gasteiger partial charge on any atom is 0.252 e. The van der Waals surface area contributed by atoms with Crippen LogP contribution in [-0.2, 0) is 0 Å². The predicted molar refractivity (Wildman–Crippen MR) is 333 cm³/mol. The fourth-order valence-corrected chi connectivity index (χ4v) is 13.9. The van der Waals surface area contributed by atoms with Gasteiger partial charge >= 0.3 is 0 Å². The Hall–Kier alpha value is -8.92. The van der Waals surface area contributed by atoms with E-state index in [1.807, 2.05) is 0 Å². The Morgan fingerprint density at radius 1 is 0.346 bits per heavy atom. The average Bonchev–Trinajstić information content (AvgIpc) is 3.66. The molecule has 0 saturated heterocycles. The molecule has 1 aliphatic carbocycles. The summed E-state index contributed by atoms with van der Waals surface area (Å²) >= 11 is 0. The Bertz CT molecular complexity index is 3630. The Morgan fingerprint density at radius 3 is 1.04 bits per heavy atom. The van der Waals surface area contributed by atoms with Crippen LogP contribution in [0.4, 0.5) is 34.1 Å². The van der Waals surface area contributed by atoms with Gasteiger partial charge in [0.05, 0.1) is 11.4 Å². The second-order valence-corrected chi connectivity index (χ2v) is 22.8. The van der Waals surface area contributed by atoms with E-state index in [-0.39, 0.29) is 12.1 Å². The van der Waals surface area contributed by atoms with Crippen LogP contribution < -0.4 is 26.2 Å². The van der Waals surface area contributed by atoms with E-state index in [1.165, 1.54) is 129 Å². The standard InChI is InChI=1S/C75H61BN2/c1-51-44-61(50-75(2,3)49-51)60-47-70-72-71(48-60)78(74-64(56-32-18-8-19-33-56)38-23-39-65(74)57-34-20-9-21-35-57)69-43-41-59(53-26-12-5-13-27-53)46-67(69)76(72)66-45-58(52-24-10-4-11-25-52)40-42-68(66)77(70)73-62(54-28-14-6-15-29-54)36-22-37-63(73)55-30-16-7-17-31-55/h4-43,45-48,51,61H,44,49-50H2,1-3H3. The maximum absolute atomic E-state index is 2.70. The molecule has 0 spiro atoms. The highest BCUT2D eigenvalue weighted by atomic mass is 15.2. The molecule has 3 aliphatic rings. The Morgan fingerprint density at radius 2 is 0.692 bits per heavy atom. The van der Waals surface area contributed by atoms with Crippen molar-refractivity contribution < 1.29 is 0 Å². The van der Waals surface area contributed by atoms with Gasteiger partial charge in [0, 0.05) is 45.0 Å². The molecule has 11 aromatic rings. The number of benzene rings is 11. The molecule has 374 valence electrons. The van der Waals surface area contributed by atoms with Gasteiger partial charge < -0.3 is 9.80 Å². The minimum Gasteiger partial charge on any atom is -0.310 e. The summed E-state index contributed by atoms with van der Waals surface area (Å²) in [6.45, 7) is 7.36. The summed E-state index contributed by atoms with van der Waals surface area (Å²) in [5.74, 6) is 0.944. The first-order valence-electron chi connectivity index (χ1n) is 28.0. The fourth-order valence-electron chi connectivity index (χ4n) is 13.9. The number of hydrogen-bond donors (Lipinski definition) is 0. The normalized spacial score (nSPS) is 16.0. The summed E-state index contributed by atoms with van der Waals surface area (Å²) in [7, 11) is 0. The first kappa shape index (κ1) is 47.5. The minimum absolute atomic E-state index is 0.122. The maximum atomic E-state index is 2.70. The quantitative estimate of drug-likeness (QED) is 0.133. The van der Waals surface area contributed by atoms with Gasteiger partial charge in [-0.2, -0.15) is 0 Å². The monoisotopic (exact) mass is 1000 g/mol. The first-order chi connectivity index (χ1) is 38.3. The van der Waals surface area contributed by atoms with Gasteiger partial charge in [-0.25, -0.2) is 0 Å². The van der Waals surface area contributed by atoms with E-state index >= 15 is 0 Å². The van der Waals surface area contributed by atoms with Crippen molar-refractivity contribution in [3.8, 4) is 66.8 Å². The van der Waals surface area contributed by atoms with E-state index in [0.717, 1.165) is 12.8 Å². The zero-order chi connectivity index (χ0) is 52.3. The molecule has 1 fully saturated rings. The highest BCUT2D eigenvalue weighted by molar-refractivity contribution is 7.00. The number of hydrogen-bond acceptors (Lipinski definition) is 2. The molecule has 1 saturated carbocycles. The van der Waals surface area contributed by atoms with E-state index < -0.39 is 0 Å². The molecule has 14 rings (SSSR count). The third-order valence-corrected chi connectivity index (χ3v) is 17.0. The molecule has 78 heavy (non-hydrogen) atoms. The van der Waals surface area contributed by atoms with Crippen LogP contribution in [0.25, 0.3) is 66.8 Å². The molecule has 2 aliphatic heterocycles. The van der Waals surface area contributed by atoms with Crippen LogP contribution in [0, 0.1) is 11.3 Å². The van der Waals surface area contributed by atoms with Crippen LogP contribution >= 0.6 is 0 Å². The van der Waals surface area contributed by atoms with Crippen LogP contribution in [0.15, 0.2) is 267 Å². The number of para-hydroxylation sites is 2. The van der Waals surface area contributed by atoms with Crippen LogP contribution in [0.3, 0.4) is 0 Å². The lowest BCUT2D eigenvalue weighted by molar-refractivity contribution is 0.168. The van der Waals surface area contributed by atoms with Gasteiger partial charge in [-0.1, -0.05) is 263 Å². The van der Waals surface area contributed by atoms with Crippen molar-refractivity contribution in [1.82, 2.24) is 0 Å². The molecule has 0 bridgehead atoms. The molecule has 0 N–H and O–H groups in total. The Labute approximate surface area is 461 Å². The van der Waals surface area contributed by atoms with E-state index in [9.17, 15) is 0 Å². The first-order valence-corrected chi connectivity index (χ1v) is 28.0. The van der Waals surface area contributed by atoms with E-state index in [4.69, 9.17) is 0 Å². The van der Waals surface area contributed by atoms with Gasteiger partial charge in [0.15, 0.2) is 0 Å². The van der Waals surface area contributed by atoms with Crippen molar-refractivity contribution >= 4 is 57.2 Å². The number of anilines is 6. The van der Waals surface area contributed by atoms with Crippen molar-refractivity contribution in [2.45, 2.75) is 46.0 Å². The largest absolute Gasteiger partial charge is 0.310 e. The van der Waals surface area contributed by atoms with Crippen molar-refractivity contribution in [3.05, 3.63) is 272 Å². The second kappa shape index (κ2) is 19.6. The van der Waals surface area contributed by atoms with E-state index in [2.05, 4.69) is 297 Å². The molecule has 2 unspecified atom stereocenters. The molecular formula is C75H61BN2. The van der Waals surface area contributed by atoms with Crippen LogP contribution in [0.2, 0.25) is 0 Å². The Balaban J connectivity index is 1.17. The predicted octanol–water partition coefficient (Wildman–Crippen LogP) is 18.7. The number of rotatable bonds is 9. The topological polar surface area (TPSA) is 6.48 Å². The lowest BCUT2D eigenvalue weighted by atomic mass is 9.33. The van der Waals surface area contributed by atoms with Crippen molar-refractivity contribution in [2.75, 3.05) is 9.80 Å². The summed E-state index contributed by atoms with van der Waals surface area (Å²) in [6.07, 6.45) is 3.50. The van der Waals surface area contributed by atoms with Crippen LogP contribution in [-0.4, -0.2) is 6.71 Å². The molecule has 11 aromatic carbocycles. The zero-order valence-electron chi connectivity index (χ0n) is 44.7. The number of nitrogens with zero attached hydrogens (tertiary/aromatic N) is 2. The molecular weight excluding hydrogens is 940 g/mol. The molecule has 2 nitrogen and oxygen atoms in total. The van der Waals surface area contributed by atoms with Gasteiger partial charge in [-0.05, 0) is 127 Å². The average molecular weight is 1000 g/mol. The third kappa shape index (κ3) is 8.37. The van der Waals surface area contributed by atoms with Crippen molar-refractivity contribution in [1.29, 1.82) is 0 Å². The third-order valence-electron chi connectivity index (χ3n) is 17.0. The molecule has 2 heterocycles. The fraction of sp³-hybridized carbons (Fsp3) is 0.120. The van der Waals surface area contributed by atoms with E-state index in [1.54, 1.807) is 0 Å². The van der Waals surface area contributed by atoms with Crippen molar-refractivity contribution in [3.63, 3.8) is 0 Å². The molecule has 0 aromatic heterocycles. The van der Waals surface area contributed by atoms with Gasteiger partial charge in [-0.15, -0.1) is 0 Å². The van der Waals surface area contributed by atoms with Crippen LogP contribution in [0.5, 0.6) is 0 Å². The van der Waals surface area contributed by atoms with Crippen LogP contribution in [0.1, 0.15) is 51.5 Å². The van der Waals surface area contributed by atoms with Gasteiger partial charge in [0.1, 0.15) is 0 Å². The zero-order valence-corrected chi connectivity index (χ0v) is 44.7. The summed E-state index contributed by atoms with van der Waals surface area (Å²) < 4.78 is 0. The summed E-state index contributed by atoms with van der Waals surface area (Å²) in [4.78, 5) is 5.41. The Kier molecular flexibility index (Phi) is 11.9. The smallest absolute Gasteiger partial charge is 0.252 e. The lowest BCUT2D eigenvalue weighted by Gasteiger charge is -2.47. The van der Waals surface area contributed by atoms with E-state index in [0.29, 0.717) is 11.8 Å². The summed E-state index contributed by atoms with van der Waals surface area (Å²) in [5, 5.41) is 0. The summed E-state index contributed by atoms with van der Waals surface area (Å²) in [6, 6.07) is 100. The molecule has 0 radical (unpaired) electrons. The molecule has 2 atom stereocenters. The molecule has 0 amide bonds. The van der Waals surface area contributed by atoms with Gasteiger partial charge in [-0.3, -0.25) is 0 Å². The second-order valence-electron chi connectivity index (χ2n) is 22.8. The highest BCUT2D eigenvalue weighted by Gasteiger charge is 2.46. The van der Waals surface area contributed by atoms with Crippen molar-refractivity contribution in [2.24, 2.45) is 11.3 Å². The number of fused-ring (bicyclic) bond motifs is 4. The van der Waals surface area contributed by atoms with Gasteiger partial charge in [0.25, 0.3) is 6.71 Å². The minimum atomic E-state index is -0.122. The summed E-state index contributed by atoms with van der Waals surface area (Å²) in [5.41, 5.74) is 27.1. The lowest BCUT2D eigenvalue weighted by Crippen LogP contribution is -2.61. The molecule has 3 heteroatoms. The van der Waals surface area contributed by atoms with Gasteiger partial charge in [0.2, 0.25) is 0 Å².